The summed E-state index contributed by atoms with van der Waals surface area (Å²) in [7, 11) is 5.25. The first-order chi connectivity index (χ1) is 11.9. The van der Waals surface area contributed by atoms with Crippen LogP contribution in [-0.2, 0) is 18.9 Å². The van der Waals surface area contributed by atoms with Crippen LogP contribution >= 0.6 is 0 Å². The van der Waals surface area contributed by atoms with Gasteiger partial charge in [-0.25, -0.2) is 0 Å². The number of hydrogen-bond acceptors (Lipinski definition) is 8. The number of nitriles is 2. The van der Waals surface area contributed by atoms with Gasteiger partial charge in [-0.1, -0.05) is 12.1 Å². The summed E-state index contributed by atoms with van der Waals surface area (Å²) in [4.78, 5) is 10.3. The van der Waals surface area contributed by atoms with Gasteiger partial charge in [0.2, 0.25) is 11.2 Å². The molecule has 1 fully saturated rings. The molecule has 0 heterocycles. The normalized spacial score (nSPS) is 22.2. The van der Waals surface area contributed by atoms with Crippen LogP contribution in [0.5, 0.6) is 0 Å². The highest BCUT2D eigenvalue weighted by Crippen LogP contribution is 2.68. The van der Waals surface area contributed by atoms with Crippen molar-refractivity contribution in [2.75, 3.05) is 28.4 Å². The van der Waals surface area contributed by atoms with E-state index >= 15 is 0 Å². The molecule has 1 atom stereocenters. The van der Waals surface area contributed by atoms with Crippen LogP contribution in [0, 0.1) is 38.2 Å². The lowest BCUT2D eigenvalue weighted by Crippen LogP contribution is -2.82. The average molecular weight is 347 g/mol. The Kier molecular flexibility index (Phi) is 4.80. The quantitative estimate of drug-likeness (QED) is 0.432. The van der Waals surface area contributed by atoms with E-state index in [1.54, 1.807) is 0 Å². The van der Waals surface area contributed by atoms with Crippen molar-refractivity contribution >= 4 is 5.69 Å². The predicted molar refractivity (Wildman–Crippen MR) is 83.0 cm³/mol. The van der Waals surface area contributed by atoms with Crippen molar-refractivity contribution in [3.63, 3.8) is 0 Å². The van der Waals surface area contributed by atoms with Crippen molar-refractivity contribution in [2.24, 2.45) is 5.41 Å². The number of rotatable bonds is 6. The summed E-state index contributed by atoms with van der Waals surface area (Å²) >= 11 is 0. The predicted octanol–water partition coefficient (Wildman–Crippen LogP) is 1.70. The fourth-order valence-electron chi connectivity index (χ4n) is 3.70. The Hall–Kier alpha value is -2.56. The van der Waals surface area contributed by atoms with Crippen LogP contribution in [0.15, 0.2) is 24.3 Å². The largest absolute Gasteiger partial charge is 0.348 e. The first-order valence-corrected chi connectivity index (χ1v) is 7.17. The summed E-state index contributed by atoms with van der Waals surface area (Å²) in [5, 5.41) is 30.4. The number of nitro groups is 1. The average Bonchev–Trinajstić information content (AvgIpc) is 2.64. The van der Waals surface area contributed by atoms with E-state index in [-0.39, 0.29) is 5.69 Å². The number of nitro benzene ring substituents is 1. The van der Waals surface area contributed by atoms with Gasteiger partial charge < -0.3 is 18.9 Å². The van der Waals surface area contributed by atoms with Gasteiger partial charge in [-0.15, -0.1) is 0 Å². The third kappa shape index (κ3) is 2.01. The zero-order valence-corrected chi connectivity index (χ0v) is 14.2. The van der Waals surface area contributed by atoms with Crippen LogP contribution in [0.1, 0.15) is 11.5 Å². The van der Waals surface area contributed by atoms with E-state index in [0.717, 1.165) is 0 Å². The molecule has 9 nitrogen and oxygen atoms in total. The van der Waals surface area contributed by atoms with Gasteiger partial charge in [-0.2, -0.15) is 10.5 Å². The minimum Gasteiger partial charge on any atom is -0.348 e. The van der Waals surface area contributed by atoms with E-state index in [0.29, 0.717) is 5.56 Å². The van der Waals surface area contributed by atoms with Crippen molar-refractivity contribution in [1.82, 2.24) is 0 Å². The Labute approximate surface area is 144 Å². The molecule has 0 saturated heterocycles. The molecular formula is C16H17N3O6. The van der Waals surface area contributed by atoms with Crippen LogP contribution in [0.25, 0.3) is 0 Å². The molecule has 0 amide bonds. The third-order valence-electron chi connectivity index (χ3n) is 4.76. The molecule has 9 heteroatoms. The van der Waals surface area contributed by atoms with E-state index in [2.05, 4.69) is 0 Å². The fourth-order valence-corrected chi connectivity index (χ4v) is 3.70. The lowest BCUT2D eigenvalue weighted by Gasteiger charge is -2.65. The van der Waals surface area contributed by atoms with Crippen LogP contribution in [-0.4, -0.2) is 44.9 Å². The molecule has 0 spiro atoms. The van der Waals surface area contributed by atoms with Gasteiger partial charge in [0.1, 0.15) is 0 Å². The standard InChI is InChI=1S/C16H17N3O6/c1-22-15(23-2)13(11-5-7-12(8-6-11)19(20)21)14(9-17,10-18)16(15,24-3)25-4/h5-8,13H,1-4H3/t13-/m1/s1. The van der Waals surface area contributed by atoms with Crippen molar-refractivity contribution in [1.29, 1.82) is 10.5 Å². The number of benzene rings is 1. The maximum absolute atomic E-state index is 10.9. The van der Waals surface area contributed by atoms with Gasteiger partial charge in [0.25, 0.3) is 11.5 Å². The Morgan fingerprint density at radius 3 is 1.80 bits per heavy atom. The minimum atomic E-state index is -1.81. The van der Waals surface area contributed by atoms with E-state index < -0.39 is 27.8 Å². The van der Waals surface area contributed by atoms with Gasteiger partial charge in [0, 0.05) is 40.6 Å². The molecule has 0 bridgehead atoms. The summed E-state index contributed by atoms with van der Waals surface area (Å²) in [5.74, 6) is -4.33. The molecule has 0 aliphatic heterocycles. The topological polar surface area (TPSA) is 128 Å². The molecule has 1 aromatic carbocycles. The Morgan fingerprint density at radius 1 is 1.00 bits per heavy atom. The number of ether oxygens (including phenoxy) is 4. The van der Waals surface area contributed by atoms with Crippen LogP contribution in [0.2, 0.25) is 0 Å². The molecule has 0 radical (unpaired) electrons. The lowest BCUT2D eigenvalue weighted by atomic mass is 9.49. The molecule has 0 N–H and O–H groups in total. The molecule has 0 unspecified atom stereocenters. The second-order valence-electron chi connectivity index (χ2n) is 5.41. The molecule has 132 valence electrons. The molecule has 2 rings (SSSR count). The summed E-state index contributed by atoms with van der Waals surface area (Å²) < 4.78 is 21.8. The summed E-state index contributed by atoms with van der Waals surface area (Å²) in [6.45, 7) is 0. The van der Waals surface area contributed by atoms with Gasteiger partial charge in [0.05, 0.1) is 23.0 Å². The minimum absolute atomic E-state index is 0.118. The van der Waals surface area contributed by atoms with E-state index in [1.165, 1.54) is 52.7 Å². The number of nitrogens with zero attached hydrogens (tertiary/aromatic N) is 3. The lowest BCUT2D eigenvalue weighted by molar-refractivity contribution is -0.481. The number of hydrogen-bond donors (Lipinski definition) is 0. The maximum Gasteiger partial charge on any atom is 0.269 e. The molecule has 1 aliphatic carbocycles. The van der Waals surface area contributed by atoms with E-state index in [1.807, 2.05) is 12.1 Å². The number of non-ortho nitro benzene ring substituents is 1. The summed E-state index contributed by atoms with van der Waals surface area (Å²) in [6.07, 6.45) is 0. The SMILES string of the molecule is COC1(OC)[C@H](c2ccc([N+](=O)[O-])cc2)C(C#N)(C#N)C1(OC)OC. The van der Waals surface area contributed by atoms with Gasteiger partial charge in [-0.3, -0.25) is 10.1 Å². The maximum atomic E-state index is 10.9. The number of methoxy groups -OCH3 is 4. The van der Waals surface area contributed by atoms with Crippen LogP contribution in [0.3, 0.4) is 0 Å². The first kappa shape index (κ1) is 18.8. The van der Waals surface area contributed by atoms with Gasteiger partial charge in [0.15, 0.2) is 0 Å². The molecule has 0 aromatic heterocycles. The Balaban J connectivity index is 2.70. The molecule has 1 saturated carbocycles. The van der Waals surface area contributed by atoms with Crippen LogP contribution < -0.4 is 0 Å². The molecular weight excluding hydrogens is 330 g/mol. The highest BCUT2D eigenvalue weighted by molar-refractivity contribution is 5.48. The highest BCUT2D eigenvalue weighted by atomic mass is 16.8. The van der Waals surface area contributed by atoms with Crippen molar-refractivity contribution in [2.45, 2.75) is 17.5 Å². The Bertz CT molecular complexity index is 727. The molecule has 25 heavy (non-hydrogen) atoms. The molecule has 1 aliphatic rings. The summed E-state index contributed by atoms with van der Waals surface area (Å²) in [6, 6.07) is 9.39. The van der Waals surface area contributed by atoms with E-state index in [4.69, 9.17) is 18.9 Å². The Morgan fingerprint density at radius 2 is 1.48 bits per heavy atom. The smallest absolute Gasteiger partial charge is 0.269 e. The zero-order chi connectivity index (χ0) is 18.9. The zero-order valence-electron chi connectivity index (χ0n) is 14.2. The van der Waals surface area contributed by atoms with Crippen molar-refractivity contribution in [3.05, 3.63) is 39.9 Å². The second-order valence-corrected chi connectivity index (χ2v) is 5.41. The summed E-state index contributed by atoms with van der Waals surface area (Å²) in [5.41, 5.74) is -1.46. The van der Waals surface area contributed by atoms with Crippen LogP contribution in [0.4, 0.5) is 5.69 Å². The second kappa shape index (κ2) is 6.39. The van der Waals surface area contributed by atoms with Crippen molar-refractivity contribution in [3.8, 4) is 12.1 Å². The molecule has 1 aromatic rings. The fraction of sp³-hybridized carbons (Fsp3) is 0.500. The first-order valence-electron chi connectivity index (χ1n) is 7.17. The van der Waals surface area contributed by atoms with Crippen molar-refractivity contribution < 1.29 is 23.9 Å². The highest BCUT2D eigenvalue weighted by Gasteiger charge is 2.86. The monoisotopic (exact) mass is 347 g/mol. The van der Waals surface area contributed by atoms with Gasteiger partial charge >= 0.3 is 0 Å². The third-order valence-corrected chi connectivity index (χ3v) is 4.76. The van der Waals surface area contributed by atoms with Gasteiger partial charge in [-0.05, 0) is 5.56 Å². The van der Waals surface area contributed by atoms with E-state index in [9.17, 15) is 20.6 Å².